The second kappa shape index (κ2) is 4.87. The smallest absolute Gasteiger partial charge is 0.163 e. The number of alkyl halides is 1. The zero-order valence-electron chi connectivity index (χ0n) is 10.2. The normalized spacial score (nSPS) is 14.8. The molecule has 2 rings (SSSR count). The van der Waals surface area contributed by atoms with Crippen LogP contribution in [0.4, 0.5) is 5.82 Å². The molecule has 0 fully saturated rings. The van der Waals surface area contributed by atoms with Crippen LogP contribution in [-0.2, 0) is 7.05 Å². The van der Waals surface area contributed by atoms with Crippen molar-refractivity contribution in [3.8, 4) is 0 Å². The van der Waals surface area contributed by atoms with Crippen LogP contribution < -0.4 is 5.32 Å². The van der Waals surface area contributed by atoms with Crippen molar-refractivity contribution in [3.05, 3.63) is 12.5 Å². The Morgan fingerprint density at radius 3 is 2.88 bits per heavy atom. The lowest BCUT2D eigenvalue weighted by Crippen LogP contribution is -2.25. The van der Waals surface area contributed by atoms with Gasteiger partial charge in [0.25, 0.3) is 0 Å². The first-order chi connectivity index (χ1) is 8.13. The molecule has 0 spiro atoms. The summed E-state index contributed by atoms with van der Waals surface area (Å²) in [6.07, 6.45) is 3.32. The maximum Gasteiger partial charge on any atom is 0.163 e. The van der Waals surface area contributed by atoms with Crippen LogP contribution in [0.2, 0.25) is 0 Å². The Morgan fingerprint density at radius 2 is 2.18 bits per heavy atom. The molecule has 0 radical (unpaired) electrons. The molecule has 17 heavy (non-hydrogen) atoms. The van der Waals surface area contributed by atoms with E-state index >= 15 is 0 Å². The van der Waals surface area contributed by atoms with E-state index in [2.05, 4.69) is 34.2 Å². The van der Waals surface area contributed by atoms with E-state index < -0.39 is 0 Å². The highest BCUT2D eigenvalue weighted by molar-refractivity contribution is 6.18. The van der Waals surface area contributed by atoms with Crippen molar-refractivity contribution in [1.82, 2.24) is 19.7 Å². The van der Waals surface area contributed by atoms with Crippen LogP contribution in [0.5, 0.6) is 0 Å². The molecule has 2 aromatic rings. The van der Waals surface area contributed by atoms with Crippen molar-refractivity contribution in [1.29, 1.82) is 0 Å². The number of hydrogen-bond donors (Lipinski definition) is 1. The maximum atomic E-state index is 5.85. The molecule has 5 nitrogen and oxygen atoms in total. The number of aromatic nitrogens is 4. The molecule has 0 amide bonds. The molecule has 6 heteroatoms. The summed E-state index contributed by atoms with van der Waals surface area (Å²) < 4.78 is 1.73. The van der Waals surface area contributed by atoms with Gasteiger partial charge in [-0.25, -0.2) is 9.97 Å². The predicted molar refractivity (Wildman–Crippen MR) is 69.3 cm³/mol. The Hall–Kier alpha value is -1.36. The molecule has 2 unspecified atom stereocenters. The van der Waals surface area contributed by atoms with E-state index in [4.69, 9.17) is 11.6 Å². The van der Waals surface area contributed by atoms with Crippen LogP contribution in [-0.4, -0.2) is 31.7 Å². The summed E-state index contributed by atoms with van der Waals surface area (Å²) in [6, 6.07) is 0.255. The van der Waals surface area contributed by atoms with E-state index in [1.165, 1.54) is 0 Å². The molecule has 92 valence electrons. The van der Waals surface area contributed by atoms with Crippen LogP contribution in [0.3, 0.4) is 0 Å². The van der Waals surface area contributed by atoms with Crippen molar-refractivity contribution in [3.63, 3.8) is 0 Å². The molecular weight excluding hydrogens is 238 g/mol. The fraction of sp³-hybridized carbons (Fsp3) is 0.545. The number of nitrogens with zero attached hydrogens (tertiary/aromatic N) is 4. The van der Waals surface area contributed by atoms with E-state index in [1.54, 1.807) is 17.2 Å². The Kier molecular flexibility index (Phi) is 3.47. The highest BCUT2D eigenvalue weighted by Crippen LogP contribution is 2.20. The highest BCUT2D eigenvalue weighted by Gasteiger charge is 2.14. The Morgan fingerprint density at radius 1 is 1.41 bits per heavy atom. The van der Waals surface area contributed by atoms with E-state index in [9.17, 15) is 0 Å². The third-order valence-corrected chi connectivity index (χ3v) is 3.48. The fourth-order valence-electron chi connectivity index (χ4n) is 1.57. The molecule has 0 aliphatic rings. The van der Waals surface area contributed by atoms with Gasteiger partial charge in [0.05, 0.1) is 11.6 Å². The number of aryl methyl sites for hydroxylation is 1. The van der Waals surface area contributed by atoms with Gasteiger partial charge in [-0.2, -0.15) is 5.10 Å². The van der Waals surface area contributed by atoms with Crippen LogP contribution in [0.15, 0.2) is 12.5 Å². The molecule has 0 saturated heterocycles. The fourth-order valence-corrected chi connectivity index (χ4v) is 1.84. The van der Waals surface area contributed by atoms with Crippen molar-refractivity contribution in [2.24, 2.45) is 13.0 Å². The van der Waals surface area contributed by atoms with E-state index in [0.29, 0.717) is 11.8 Å². The number of rotatable bonds is 4. The number of anilines is 1. The molecule has 0 aromatic carbocycles. The van der Waals surface area contributed by atoms with Gasteiger partial charge in [-0.05, 0) is 12.8 Å². The lowest BCUT2D eigenvalue weighted by Gasteiger charge is -2.19. The van der Waals surface area contributed by atoms with Crippen LogP contribution in [0, 0.1) is 5.92 Å². The van der Waals surface area contributed by atoms with Gasteiger partial charge in [0, 0.05) is 19.0 Å². The van der Waals surface area contributed by atoms with Gasteiger partial charge in [0.2, 0.25) is 0 Å². The van der Waals surface area contributed by atoms with Gasteiger partial charge in [0.1, 0.15) is 12.1 Å². The lowest BCUT2D eigenvalue weighted by atomic mass is 10.1. The van der Waals surface area contributed by atoms with Crippen molar-refractivity contribution >= 4 is 28.5 Å². The SMILES string of the molecule is CC(CCl)C(C)Nc1ncnc2c1cnn2C. The minimum absolute atomic E-state index is 0.255. The molecule has 2 aromatic heterocycles. The lowest BCUT2D eigenvalue weighted by molar-refractivity contribution is 0.565. The molecular formula is C11H16ClN5. The quantitative estimate of drug-likeness (QED) is 0.848. The second-order valence-electron chi connectivity index (χ2n) is 4.29. The molecule has 1 N–H and O–H groups in total. The highest BCUT2D eigenvalue weighted by atomic mass is 35.5. The number of hydrogen-bond acceptors (Lipinski definition) is 4. The summed E-state index contributed by atoms with van der Waals surface area (Å²) in [4.78, 5) is 8.46. The van der Waals surface area contributed by atoms with Gasteiger partial charge in [-0.15, -0.1) is 11.6 Å². The van der Waals surface area contributed by atoms with Crippen molar-refractivity contribution in [2.45, 2.75) is 19.9 Å². The van der Waals surface area contributed by atoms with Crippen molar-refractivity contribution < 1.29 is 0 Å². The van der Waals surface area contributed by atoms with E-state index in [-0.39, 0.29) is 6.04 Å². The molecule has 0 bridgehead atoms. The van der Waals surface area contributed by atoms with Gasteiger partial charge < -0.3 is 5.32 Å². The van der Waals surface area contributed by atoms with Crippen LogP contribution >= 0.6 is 11.6 Å². The van der Waals surface area contributed by atoms with E-state index in [0.717, 1.165) is 16.9 Å². The van der Waals surface area contributed by atoms with Gasteiger partial charge in [-0.3, -0.25) is 4.68 Å². The largest absolute Gasteiger partial charge is 0.367 e. The Balaban J connectivity index is 2.30. The zero-order chi connectivity index (χ0) is 12.4. The van der Waals surface area contributed by atoms with Gasteiger partial charge >= 0.3 is 0 Å². The number of fused-ring (bicyclic) bond motifs is 1. The molecule has 2 atom stereocenters. The monoisotopic (exact) mass is 253 g/mol. The average Bonchev–Trinajstić information content (AvgIpc) is 2.71. The zero-order valence-corrected chi connectivity index (χ0v) is 10.9. The molecule has 0 saturated carbocycles. The summed E-state index contributed by atoms with van der Waals surface area (Å²) in [5.41, 5.74) is 0.827. The number of nitrogens with one attached hydrogen (secondary N) is 1. The molecule has 2 heterocycles. The average molecular weight is 254 g/mol. The standard InChI is InChI=1S/C11H16ClN5/c1-7(4-12)8(2)16-10-9-5-15-17(3)11(9)14-6-13-10/h5-8H,4H2,1-3H3,(H,13,14,16). The first-order valence-corrected chi connectivity index (χ1v) is 6.12. The van der Waals surface area contributed by atoms with Gasteiger partial charge in [0.15, 0.2) is 5.65 Å². The summed E-state index contributed by atoms with van der Waals surface area (Å²) in [7, 11) is 1.87. The predicted octanol–water partition coefficient (Wildman–Crippen LogP) is 2.04. The number of halogens is 1. The second-order valence-corrected chi connectivity index (χ2v) is 4.60. The van der Waals surface area contributed by atoms with E-state index in [1.807, 2.05) is 7.05 Å². The first-order valence-electron chi connectivity index (χ1n) is 5.58. The van der Waals surface area contributed by atoms with Gasteiger partial charge in [-0.1, -0.05) is 6.92 Å². The first kappa shape index (κ1) is 12.1. The third kappa shape index (κ3) is 2.34. The summed E-state index contributed by atoms with van der Waals surface area (Å²) in [6.45, 7) is 4.20. The minimum Gasteiger partial charge on any atom is -0.367 e. The Labute approximate surface area is 105 Å². The van der Waals surface area contributed by atoms with Crippen LogP contribution in [0.25, 0.3) is 11.0 Å². The third-order valence-electron chi connectivity index (χ3n) is 2.99. The maximum absolute atomic E-state index is 5.85. The van der Waals surface area contributed by atoms with Crippen LogP contribution in [0.1, 0.15) is 13.8 Å². The summed E-state index contributed by atoms with van der Waals surface area (Å²) in [5, 5.41) is 8.47. The van der Waals surface area contributed by atoms with Crippen molar-refractivity contribution in [2.75, 3.05) is 11.2 Å². The summed E-state index contributed by atoms with van der Waals surface area (Å²) in [5.74, 6) is 1.81. The Bertz CT molecular complexity index is 510. The molecule has 0 aliphatic carbocycles. The molecule has 0 aliphatic heterocycles. The summed E-state index contributed by atoms with van der Waals surface area (Å²) >= 11 is 5.85. The topological polar surface area (TPSA) is 55.6 Å². The minimum atomic E-state index is 0.255.